The van der Waals surface area contributed by atoms with Gasteiger partial charge in [0.2, 0.25) is 0 Å². The number of fused-ring (bicyclic) bond motifs is 6. The number of ether oxygens (including phenoxy) is 2. The molecule has 1 saturated carbocycles. The lowest BCUT2D eigenvalue weighted by Crippen LogP contribution is -2.49. The molecule has 2 unspecified atom stereocenters. The minimum Gasteiger partial charge on any atom is -0.392 e. The van der Waals surface area contributed by atoms with E-state index in [0.29, 0.717) is 11.8 Å². The van der Waals surface area contributed by atoms with Crippen LogP contribution in [0.1, 0.15) is 49.3 Å². The monoisotopic (exact) mass is 326 g/mol. The van der Waals surface area contributed by atoms with Crippen molar-refractivity contribution in [2.24, 2.45) is 17.3 Å². The third-order valence-electron chi connectivity index (χ3n) is 7.25. The molecule has 3 atom stereocenters. The highest BCUT2D eigenvalue weighted by Gasteiger charge is 2.63. The van der Waals surface area contributed by atoms with E-state index in [1.807, 2.05) is 0 Å². The van der Waals surface area contributed by atoms with Crippen LogP contribution in [0.5, 0.6) is 0 Å². The van der Waals surface area contributed by atoms with Crippen molar-refractivity contribution in [2.75, 3.05) is 13.2 Å². The maximum absolute atomic E-state index is 9.40. The van der Waals surface area contributed by atoms with Crippen molar-refractivity contribution in [1.82, 2.24) is 0 Å². The number of aliphatic hydroxyl groups is 1. The fourth-order valence-electron chi connectivity index (χ4n) is 6.01. The molecule has 128 valence electrons. The van der Waals surface area contributed by atoms with Gasteiger partial charge in [-0.05, 0) is 59.8 Å². The van der Waals surface area contributed by atoms with Gasteiger partial charge in [-0.25, -0.2) is 0 Å². The summed E-state index contributed by atoms with van der Waals surface area (Å²) in [6.07, 6.45) is 8.10. The Hall–Kier alpha value is -1.16. The summed E-state index contributed by atoms with van der Waals surface area (Å²) in [7, 11) is 0. The summed E-state index contributed by atoms with van der Waals surface area (Å²) in [5, 5.41) is 9.40. The summed E-state index contributed by atoms with van der Waals surface area (Å²) in [4.78, 5) is 0. The van der Waals surface area contributed by atoms with Crippen LogP contribution in [0.3, 0.4) is 0 Å². The highest BCUT2D eigenvalue weighted by atomic mass is 16.7. The Bertz CT molecular complexity index is 701. The predicted molar refractivity (Wildman–Crippen MR) is 92.2 cm³/mol. The van der Waals surface area contributed by atoms with E-state index in [2.05, 4.69) is 31.2 Å². The Kier molecular flexibility index (Phi) is 3.26. The zero-order valence-electron chi connectivity index (χ0n) is 14.4. The number of aryl methyl sites for hydroxylation is 1. The standard InChI is InChI=1S/C21H26O3/c1-20-8-6-17-16-4-2-14(13-22)12-15(16)3-5-18(17)19(20)7-9-21(20)23-10-11-24-21/h2,4,6,12,18-19,22H,3,5,7-11,13H2,1H3/t18?,19?,20-/m0/s1. The zero-order valence-corrected chi connectivity index (χ0v) is 14.4. The fourth-order valence-corrected chi connectivity index (χ4v) is 6.01. The minimum absolute atomic E-state index is 0.111. The number of aliphatic hydroxyl groups excluding tert-OH is 1. The molecule has 3 nitrogen and oxygen atoms in total. The van der Waals surface area contributed by atoms with Crippen molar-refractivity contribution in [3.05, 3.63) is 41.0 Å². The Labute approximate surface area is 143 Å². The van der Waals surface area contributed by atoms with E-state index >= 15 is 0 Å². The van der Waals surface area contributed by atoms with Crippen molar-refractivity contribution < 1.29 is 14.6 Å². The first-order chi connectivity index (χ1) is 11.7. The lowest BCUT2D eigenvalue weighted by molar-refractivity contribution is -0.226. The van der Waals surface area contributed by atoms with Gasteiger partial charge in [0.25, 0.3) is 0 Å². The quantitative estimate of drug-likeness (QED) is 0.855. The van der Waals surface area contributed by atoms with Gasteiger partial charge in [-0.2, -0.15) is 0 Å². The molecule has 0 aromatic heterocycles. The van der Waals surface area contributed by atoms with Crippen LogP contribution in [0.15, 0.2) is 24.3 Å². The summed E-state index contributed by atoms with van der Waals surface area (Å²) < 4.78 is 12.3. The van der Waals surface area contributed by atoms with Crippen molar-refractivity contribution in [3.63, 3.8) is 0 Å². The van der Waals surface area contributed by atoms with Crippen molar-refractivity contribution in [2.45, 2.75) is 51.4 Å². The fraction of sp³-hybridized carbons (Fsp3) is 0.619. The molecule has 0 amide bonds. The molecule has 1 aromatic rings. The van der Waals surface area contributed by atoms with Gasteiger partial charge in [0.1, 0.15) is 0 Å². The molecule has 0 bridgehead atoms. The van der Waals surface area contributed by atoms with Crippen LogP contribution < -0.4 is 0 Å². The average Bonchev–Trinajstić information content (AvgIpc) is 3.21. The molecule has 5 rings (SSSR count). The second-order valence-corrected chi connectivity index (χ2v) is 8.17. The van der Waals surface area contributed by atoms with Crippen molar-refractivity contribution >= 4 is 5.57 Å². The van der Waals surface area contributed by atoms with Crippen LogP contribution in [0.4, 0.5) is 0 Å². The largest absolute Gasteiger partial charge is 0.392 e. The van der Waals surface area contributed by atoms with Gasteiger partial charge in [0.15, 0.2) is 5.79 Å². The summed E-state index contributed by atoms with van der Waals surface area (Å²) in [5.41, 5.74) is 5.51. The maximum Gasteiger partial charge on any atom is 0.174 e. The van der Waals surface area contributed by atoms with Gasteiger partial charge in [0.05, 0.1) is 19.8 Å². The van der Waals surface area contributed by atoms with Crippen molar-refractivity contribution in [3.8, 4) is 0 Å². The highest BCUT2D eigenvalue weighted by molar-refractivity contribution is 5.73. The van der Waals surface area contributed by atoms with E-state index < -0.39 is 0 Å². The van der Waals surface area contributed by atoms with Gasteiger partial charge in [-0.1, -0.05) is 31.2 Å². The molecule has 4 aliphatic rings. The molecule has 1 heterocycles. The van der Waals surface area contributed by atoms with Crippen LogP contribution in [0.25, 0.3) is 5.57 Å². The first-order valence-electron chi connectivity index (χ1n) is 9.38. The van der Waals surface area contributed by atoms with E-state index in [4.69, 9.17) is 9.47 Å². The molecule has 1 saturated heterocycles. The van der Waals surface area contributed by atoms with Crippen LogP contribution in [-0.4, -0.2) is 24.1 Å². The van der Waals surface area contributed by atoms with E-state index in [1.54, 1.807) is 5.57 Å². The van der Waals surface area contributed by atoms with Gasteiger partial charge in [-0.15, -0.1) is 0 Å². The molecule has 2 fully saturated rings. The number of rotatable bonds is 1. The lowest BCUT2D eigenvalue weighted by Gasteiger charge is -2.49. The van der Waals surface area contributed by atoms with E-state index in [0.717, 1.165) is 38.0 Å². The predicted octanol–water partition coefficient (Wildman–Crippen LogP) is 3.69. The van der Waals surface area contributed by atoms with Gasteiger partial charge >= 0.3 is 0 Å². The number of allylic oxidation sites excluding steroid dienone is 2. The molecule has 3 aliphatic carbocycles. The summed E-state index contributed by atoms with van der Waals surface area (Å²) >= 11 is 0. The minimum atomic E-state index is -0.333. The van der Waals surface area contributed by atoms with E-state index in [9.17, 15) is 5.11 Å². The first-order valence-corrected chi connectivity index (χ1v) is 9.38. The molecule has 24 heavy (non-hydrogen) atoms. The molecule has 1 aliphatic heterocycles. The Balaban J connectivity index is 1.55. The molecule has 1 spiro atoms. The SMILES string of the molecule is C[C@]12CC=C3c4ccc(CO)cc4CCC3C1CCC21OCCO1. The number of hydrogen-bond acceptors (Lipinski definition) is 3. The molecule has 1 N–H and O–H groups in total. The molecule has 1 aromatic carbocycles. The maximum atomic E-state index is 9.40. The third kappa shape index (κ3) is 1.84. The van der Waals surface area contributed by atoms with Crippen LogP contribution in [-0.2, 0) is 22.5 Å². The van der Waals surface area contributed by atoms with Gasteiger partial charge in [-0.3, -0.25) is 0 Å². The summed E-state index contributed by atoms with van der Waals surface area (Å²) in [6, 6.07) is 6.50. The topological polar surface area (TPSA) is 38.7 Å². The summed E-state index contributed by atoms with van der Waals surface area (Å²) in [6.45, 7) is 4.02. The third-order valence-corrected chi connectivity index (χ3v) is 7.25. The second-order valence-electron chi connectivity index (χ2n) is 8.17. The molecular formula is C21H26O3. The first kappa shape index (κ1) is 15.1. The zero-order chi connectivity index (χ0) is 16.4. The lowest BCUT2D eigenvalue weighted by atomic mass is 9.59. The van der Waals surface area contributed by atoms with Crippen LogP contribution in [0.2, 0.25) is 0 Å². The van der Waals surface area contributed by atoms with Gasteiger partial charge < -0.3 is 14.6 Å². The van der Waals surface area contributed by atoms with E-state index in [1.165, 1.54) is 24.0 Å². The normalized spacial score (nSPS) is 36.2. The van der Waals surface area contributed by atoms with E-state index in [-0.39, 0.29) is 17.8 Å². The molecule has 3 heteroatoms. The second kappa shape index (κ2) is 5.17. The molecule has 0 radical (unpaired) electrons. The van der Waals surface area contributed by atoms with Crippen LogP contribution in [0, 0.1) is 17.3 Å². The number of hydrogen-bond donors (Lipinski definition) is 1. The van der Waals surface area contributed by atoms with Crippen molar-refractivity contribution in [1.29, 1.82) is 0 Å². The Morgan fingerprint density at radius 1 is 1.21 bits per heavy atom. The van der Waals surface area contributed by atoms with Gasteiger partial charge in [0, 0.05) is 11.8 Å². The Morgan fingerprint density at radius 2 is 2.04 bits per heavy atom. The average molecular weight is 326 g/mol. The Morgan fingerprint density at radius 3 is 2.83 bits per heavy atom. The highest BCUT2D eigenvalue weighted by Crippen LogP contribution is 2.64. The van der Waals surface area contributed by atoms with Crippen LogP contribution >= 0.6 is 0 Å². The smallest absolute Gasteiger partial charge is 0.174 e. The summed E-state index contributed by atoms with van der Waals surface area (Å²) in [5.74, 6) is 0.949. The number of benzene rings is 1. The molecular weight excluding hydrogens is 300 g/mol.